The topological polar surface area (TPSA) is 47.0 Å². The van der Waals surface area contributed by atoms with Crippen LogP contribution in [0.2, 0.25) is 5.02 Å². The molecule has 23 heavy (non-hydrogen) atoms. The van der Waals surface area contributed by atoms with Crippen LogP contribution in [-0.4, -0.2) is 16.1 Å². The summed E-state index contributed by atoms with van der Waals surface area (Å²) in [6, 6.07) is 11.6. The Morgan fingerprint density at radius 3 is 2.74 bits per heavy atom. The SMILES string of the molecule is CC(C)Oc1ccc(CNc2cccc3c(Cl)ccnc23)cn1. The van der Waals surface area contributed by atoms with Gasteiger partial charge in [0.15, 0.2) is 0 Å². The van der Waals surface area contributed by atoms with Gasteiger partial charge >= 0.3 is 0 Å². The maximum absolute atomic E-state index is 6.21. The van der Waals surface area contributed by atoms with Crippen LogP contribution in [0.25, 0.3) is 10.9 Å². The molecule has 118 valence electrons. The van der Waals surface area contributed by atoms with Crippen LogP contribution in [-0.2, 0) is 6.54 Å². The summed E-state index contributed by atoms with van der Waals surface area (Å²) in [5.41, 5.74) is 2.89. The minimum absolute atomic E-state index is 0.123. The van der Waals surface area contributed by atoms with Crippen molar-refractivity contribution in [3.63, 3.8) is 0 Å². The van der Waals surface area contributed by atoms with E-state index in [-0.39, 0.29) is 6.10 Å². The van der Waals surface area contributed by atoms with Crippen molar-refractivity contribution in [1.29, 1.82) is 0 Å². The van der Waals surface area contributed by atoms with Crippen molar-refractivity contribution in [2.45, 2.75) is 26.5 Å². The Labute approximate surface area is 140 Å². The normalized spacial score (nSPS) is 11.0. The van der Waals surface area contributed by atoms with E-state index in [2.05, 4.69) is 15.3 Å². The third kappa shape index (κ3) is 3.71. The van der Waals surface area contributed by atoms with Crippen LogP contribution in [0, 0.1) is 0 Å². The highest BCUT2D eigenvalue weighted by Gasteiger charge is 2.05. The fourth-order valence-electron chi connectivity index (χ4n) is 2.31. The lowest BCUT2D eigenvalue weighted by Gasteiger charge is -2.11. The number of fused-ring (bicyclic) bond motifs is 1. The van der Waals surface area contributed by atoms with Crippen LogP contribution in [0.5, 0.6) is 5.88 Å². The van der Waals surface area contributed by atoms with Gasteiger partial charge in [0, 0.05) is 30.4 Å². The van der Waals surface area contributed by atoms with E-state index in [1.807, 2.05) is 50.4 Å². The first-order valence-corrected chi connectivity index (χ1v) is 7.90. The molecule has 0 radical (unpaired) electrons. The third-order valence-electron chi connectivity index (χ3n) is 3.35. The first-order valence-electron chi connectivity index (χ1n) is 7.52. The van der Waals surface area contributed by atoms with Crippen molar-refractivity contribution in [2.75, 3.05) is 5.32 Å². The summed E-state index contributed by atoms with van der Waals surface area (Å²) in [7, 11) is 0. The molecule has 0 aliphatic heterocycles. The Hall–Kier alpha value is -2.33. The average molecular weight is 328 g/mol. The molecule has 1 aromatic carbocycles. The van der Waals surface area contributed by atoms with Crippen LogP contribution < -0.4 is 10.1 Å². The number of hydrogen-bond donors (Lipinski definition) is 1. The molecule has 4 nitrogen and oxygen atoms in total. The van der Waals surface area contributed by atoms with Crippen LogP contribution in [0.1, 0.15) is 19.4 Å². The average Bonchev–Trinajstić information content (AvgIpc) is 2.54. The predicted molar refractivity (Wildman–Crippen MR) is 94.1 cm³/mol. The van der Waals surface area contributed by atoms with Crippen LogP contribution in [0.15, 0.2) is 48.8 Å². The Bertz CT molecular complexity index is 803. The Morgan fingerprint density at radius 2 is 2.00 bits per heavy atom. The molecule has 3 rings (SSSR count). The zero-order chi connectivity index (χ0) is 16.2. The molecule has 0 aliphatic carbocycles. The summed E-state index contributed by atoms with van der Waals surface area (Å²) in [5, 5.41) is 5.04. The third-order valence-corrected chi connectivity index (χ3v) is 3.68. The molecule has 1 N–H and O–H groups in total. The van der Waals surface area contributed by atoms with E-state index < -0.39 is 0 Å². The zero-order valence-corrected chi connectivity index (χ0v) is 13.8. The molecule has 0 spiro atoms. The number of benzene rings is 1. The molecule has 0 aliphatic rings. The number of nitrogens with zero attached hydrogens (tertiary/aromatic N) is 2. The van der Waals surface area contributed by atoms with Crippen LogP contribution >= 0.6 is 11.6 Å². The smallest absolute Gasteiger partial charge is 0.213 e. The maximum Gasteiger partial charge on any atom is 0.213 e. The summed E-state index contributed by atoms with van der Waals surface area (Å²) in [6.07, 6.45) is 3.66. The molecule has 0 amide bonds. The van der Waals surface area contributed by atoms with E-state index in [9.17, 15) is 0 Å². The number of hydrogen-bond acceptors (Lipinski definition) is 4. The van der Waals surface area contributed by atoms with Gasteiger partial charge in [0.1, 0.15) is 0 Å². The van der Waals surface area contributed by atoms with Crippen LogP contribution in [0.3, 0.4) is 0 Å². The van der Waals surface area contributed by atoms with Gasteiger partial charge in [-0.2, -0.15) is 0 Å². The fourth-order valence-corrected chi connectivity index (χ4v) is 2.52. The number of rotatable bonds is 5. The zero-order valence-electron chi connectivity index (χ0n) is 13.1. The predicted octanol–water partition coefficient (Wildman–Crippen LogP) is 4.68. The number of nitrogens with one attached hydrogen (secondary N) is 1. The molecular formula is C18H18ClN3O. The minimum Gasteiger partial charge on any atom is -0.475 e. The number of halogens is 1. The second-order valence-corrected chi connectivity index (χ2v) is 5.93. The molecule has 0 unspecified atom stereocenters. The summed E-state index contributed by atoms with van der Waals surface area (Å²) < 4.78 is 5.55. The summed E-state index contributed by atoms with van der Waals surface area (Å²) in [5.74, 6) is 0.641. The minimum atomic E-state index is 0.123. The van der Waals surface area contributed by atoms with E-state index in [0.717, 1.165) is 22.2 Å². The molecular weight excluding hydrogens is 310 g/mol. The van der Waals surface area contributed by atoms with Gasteiger partial charge in [-0.25, -0.2) is 4.98 Å². The van der Waals surface area contributed by atoms with E-state index in [1.54, 1.807) is 12.3 Å². The van der Waals surface area contributed by atoms with Crippen LogP contribution in [0.4, 0.5) is 5.69 Å². The Balaban J connectivity index is 1.75. The van der Waals surface area contributed by atoms with Gasteiger partial charge in [-0.3, -0.25) is 4.98 Å². The lowest BCUT2D eigenvalue weighted by molar-refractivity contribution is 0.232. The van der Waals surface area contributed by atoms with E-state index in [0.29, 0.717) is 17.4 Å². The van der Waals surface area contributed by atoms with Crippen molar-refractivity contribution < 1.29 is 4.74 Å². The lowest BCUT2D eigenvalue weighted by atomic mass is 10.2. The molecule has 2 heterocycles. The van der Waals surface area contributed by atoms with Gasteiger partial charge in [0.05, 0.1) is 22.3 Å². The lowest BCUT2D eigenvalue weighted by Crippen LogP contribution is -2.07. The van der Waals surface area contributed by atoms with Gasteiger partial charge in [-0.05, 0) is 31.5 Å². The molecule has 0 saturated carbocycles. The quantitative estimate of drug-likeness (QED) is 0.739. The highest BCUT2D eigenvalue weighted by molar-refractivity contribution is 6.35. The highest BCUT2D eigenvalue weighted by Crippen LogP contribution is 2.27. The molecule has 2 aromatic heterocycles. The van der Waals surface area contributed by atoms with E-state index >= 15 is 0 Å². The molecule has 0 atom stereocenters. The van der Waals surface area contributed by atoms with E-state index in [4.69, 9.17) is 16.3 Å². The van der Waals surface area contributed by atoms with Crippen molar-refractivity contribution in [1.82, 2.24) is 9.97 Å². The number of anilines is 1. The largest absolute Gasteiger partial charge is 0.475 e. The number of ether oxygens (including phenoxy) is 1. The van der Waals surface area contributed by atoms with E-state index in [1.165, 1.54) is 0 Å². The first-order chi connectivity index (χ1) is 11.1. The van der Waals surface area contributed by atoms with Crippen molar-refractivity contribution in [2.24, 2.45) is 0 Å². The second kappa shape index (κ2) is 6.84. The molecule has 0 fully saturated rings. The Morgan fingerprint density at radius 1 is 1.13 bits per heavy atom. The van der Waals surface area contributed by atoms with Gasteiger partial charge in [0.2, 0.25) is 5.88 Å². The molecule has 0 bridgehead atoms. The monoisotopic (exact) mass is 327 g/mol. The molecule has 5 heteroatoms. The standard InChI is InChI=1S/C18H18ClN3O/c1-12(2)23-17-7-6-13(11-22-17)10-21-16-5-3-4-14-15(19)8-9-20-18(14)16/h3-9,11-12,21H,10H2,1-2H3. The van der Waals surface area contributed by atoms with Crippen molar-refractivity contribution in [3.05, 3.63) is 59.4 Å². The Kier molecular flexibility index (Phi) is 4.63. The second-order valence-electron chi connectivity index (χ2n) is 5.52. The fraction of sp³-hybridized carbons (Fsp3) is 0.222. The number of para-hydroxylation sites is 1. The van der Waals surface area contributed by atoms with Gasteiger partial charge < -0.3 is 10.1 Å². The highest BCUT2D eigenvalue weighted by atomic mass is 35.5. The summed E-state index contributed by atoms with van der Waals surface area (Å²) in [4.78, 5) is 8.73. The number of aromatic nitrogens is 2. The van der Waals surface area contributed by atoms with Gasteiger partial charge in [-0.15, -0.1) is 0 Å². The first kappa shape index (κ1) is 15.6. The van der Waals surface area contributed by atoms with Gasteiger partial charge in [0.25, 0.3) is 0 Å². The summed E-state index contributed by atoms with van der Waals surface area (Å²) >= 11 is 6.21. The molecule has 3 aromatic rings. The van der Waals surface area contributed by atoms with Gasteiger partial charge in [-0.1, -0.05) is 29.8 Å². The summed E-state index contributed by atoms with van der Waals surface area (Å²) in [6.45, 7) is 4.62. The maximum atomic E-state index is 6.21. The van der Waals surface area contributed by atoms with Crippen molar-refractivity contribution in [3.8, 4) is 5.88 Å². The number of pyridine rings is 2. The molecule has 0 saturated heterocycles. The van der Waals surface area contributed by atoms with Crippen molar-refractivity contribution >= 4 is 28.2 Å².